The topological polar surface area (TPSA) is 58.6 Å². The summed E-state index contributed by atoms with van der Waals surface area (Å²) < 4.78 is 40.0. The summed E-state index contributed by atoms with van der Waals surface area (Å²) in [5, 5.41) is 11.8. The molecule has 0 aliphatic heterocycles. The van der Waals surface area contributed by atoms with Gasteiger partial charge in [-0.1, -0.05) is 12.1 Å². The van der Waals surface area contributed by atoms with Gasteiger partial charge in [-0.15, -0.1) is 13.2 Å². The van der Waals surface area contributed by atoms with E-state index in [0.717, 1.165) is 12.1 Å². The number of hydrogen-bond donors (Lipinski definition) is 2. The van der Waals surface area contributed by atoms with E-state index in [1.807, 2.05) is 0 Å². The van der Waals surface area contributed by atoms with Gasteiger partial charge in [-0.3, -0.25) is 10.1 Å². The summed E-state index contributed by atoms with van der Waals surface area (Å²) >= 11 is 0. The Hall–Kier alpha value is -1.76. The van der Waals surface area contributed by atoms with E-state index in [4.69, 9.17) is 5.11 Å². The maximum Gasteiger partial charge on any atom is 0.573 e. The van der Waals surface area contributed by atoms with Crippen molar-refractivity contribution in [3.8, 4) is 5.75 Å². The number of nitrogens with one attached hydrogen (secondary N) is 1. The van der Waals surface area contributed by atoms with Crippen molar-refractivity contribution in [2.75, 3.05) is 0 Å². The lowest BCUT2D eigenvalue weighted by Gasteiger charge is -2.18. The number of carboxylic acids is 1. The number of alkyl halides is 3. The summed E-state index contributed by atoms with van der Waals surface area (Å²) in [6.07, 6.45) is -4.80. The molecule has 0 aliphatic rings. The van der Waals surface area contributed by atoms with Gasteiger partial charge in [-0.2, -0.15) is 0 Å². The quantitative estimate of drug-likeness (QED) is 0.868. The summed E-state index contributed by atoms with van der Waals surface area (Å²) in [7, 11) is 0. The van der Waals surface area contributed by atoms with Crippen molar-refractivity contribution in [1.29, 1.82) is 0 Å². The molecular weight excluding hydrogens is 263 g/mol. The zero-order valence-corrected chi connectivity index (χ0v) is 10.4. The smallest absolute Gasteiger partial charge is 0.480 e. The maximum atomic E-state index is 12.1. The molecule has 0 heterocycles. The van der Waals surface area contributed by atoms with Crippen LogP contribution in [0.15, 0.2) is 24.3 Å². The highest BCUT2D eigenvalue weighted by Gasteiger charge is 2.31. The second-order valence-corrected chi connectivity index (χ2v) is 4.21. The van der Waals surface area contributed by atoms with Gasteiger partial charge in [0.25, 0.3) is 0 Å². The van der Waals surface area contributed by atoms with Crippen LogP contribution in [0.1, 0.15) is 25.5 Å². The average Bonchev–Trinajstić information content (AvgIpc) is 2.23. The Morgan fingerprint density at radius 2 is 2.00 bits per heavy atom. The molecule has 7 heteroatoms. The minimum absolute atomic E-state index is 0.131. The third-order valence-electron chi connectivity index (χ3n) is 2.17. The van der Waals surface area contributed by atoms with E-state index in [1.165, 1.54) is 12.1 Å². The van der Waals surface area contributed by atoms with Crippen molar-refractivity contribution < 1.29 is 27.8 Å². The minimum atomic E-state index is -4.80. The average molecular weight is 277 g/mol. The lowest BCUT2D eigenvalue weighted by molar-refractivity contribution is -0.274. The number of carbonyl (C=O) groups is 1. The van der Waals surface area contributed by atoms with E-state index < -0.39 is 24.1 Å². The summed E-state index contributed by atoms with van der Waals surface area (Å²) in [5.41, 5.74) is 0.197. The van der Waals surface area contributed by atoms with Crippen molar-refractivity contribution in [2.45, 2.75) is 32.3 Å². The molecule has 0 saturated carbocycles. The molecule has 1 aromatic carbocycles. The SMILES string of the molecule is CC(C)NC(C(=O)O)c1cccc(OC(F)(F)F)c1. The van der Waals surface area contributed by atoms with Gasteiger partial charge in [0.1, 0.15) is 11.8 Å². The first-order valence-corrected chi connectivity index (χ1v) is 5.53. The van der Waals surface area contributed by atoms with Crippen molar-refractivity contribution in [1.82, 2.24) is 5.32 Å². The number of ether oxygens (including phenoxy) is 1. The van der Waals surface area contributed by atoms with Gasteiger partial charge in [-0.05, 0) is 31.5 Å². The molecule has 0 aromatic heterocycles. The molecule has 4 nitrogen and oxygen atoms in total. The molecule has 1 unspecified atom stereocenters. The number of carboxylic acid groups (broad SMARTS) is 1. The fourth-order valence-electron chi connectivity index (χ4n) is 1.53. The fourth-order valence-corrected chi connectivity index (χ4v) is 1.53. The van der Waals surface area contributed by atoms with Crippen LogP contribution in [0.3, 0.4) is 0 Å². The zero-order chi connectivity index (χ0) is 14.6. The molecule has 0 saturated heterocycles. The highest BCUT2D eigenvalue weighted by atomic mass is 19.4. The Morgan fingerprint density at radius 3 is 2.47 bits per heavy atom. The van der Waals surface area contributed by atoms with E-state index in [0.29, 0.717) is 0 Å². The predicted molar refractivity (Wildman–Crippen MR) is 61.8 cm³/mol. The Balaban J connectivity index is 2.98. The number of halogens is 3. The zero-order valence-electron chi connectivity index (χ0n) is 10.4. The van der Waals surface area contributed by atoms with Crippen LogP contribution in [0.4, 0.5) is 13.2 Å². The van der Waals surface area contributed by atoms with Crippen LogP contribution in [-0.2, 0) is 4.79 Å². The molecule has 0 bridgehead atoms. The first-order chi connectivity index (χ1) is 8.69. The summed E-state index contributed by atoms with van der Waals surface area (Å²) in [6, 6.07) is 3.70. The molecule has 0 aliphatic carbocycles. The molecular formula is C12H14F3NO3. The van der Waals surface area contributed by atoms with Gasteiger partial charge >= 0.3 is 12.3 Å². The molecule has 1 atom stereocenters. The first-order valence-electron chi connectivity index (χ1n) is 5.53. The maximum absolute atomic E-state index is 12.1. The lowest BCUT2D eigenvalue weighted by Crippen LogP contribution is -2.33. The molecule has 0 amide bonds. The second-order valence-electron chi connectivity index (χ2n) is 4.21. The van der Waals surface area contributed by atoms with E-state index in [9.17, 15) is 18.0 Å². The van der Waals surface area contributed by atoms with Gasteiger partial charge < -0.3 is 9.84 Å². The van der Waals surface area contributed by atoms with Gasteiger partial charge in [0, 0.05) is 6.04 Å². The fraction of sp³-hybridized carbons (Fsp3) is 0.417. The van der Waals surface area contributed by atoms with Crippen LogP contribution in [0, 0.1) is 0 Å². The molecule has 0 fully saturated rings. The second kappa shape index (κ2) is 5.92. The lowest BCUT2D eigenvalue weighted by atomic mass is 10.1. The van der Waals surface area contributed by atoms with E-state index in [-0.39, 0.29) is 11.6 Å². The van der Waals surface area contributed by atoms with Crippen LogP contribution in [0.2, 0.25) is 0 Å². The Bertz CT molecular complexity index is 446. The van der Waals surface area contributed by atoms with Crippen molar-refractivity contribution in [3.63, 3.8) is 0 Å². The van der Waals surface area contributed by atoms with Gasteiger partial charge in [0.05, 0.1) is 0 Å². The standard InChI is InChI=1S/C12H14F3NO3/c1-7(2)16-10(11(17)18)8-4-3-5-9(6-8)19-12(13,14)15/h3-7,10,16H,1-2H3,(H,17,18). The van der Waals surface area contributed by atoms with Crippen molar-refractivity contribution in [2.24, 2.45) is 0 Å². The molecule has 106 valence electrons. The monoisotopic (exact) mass is 277 g/mol. The van der Waals surface area contributed by atoms with Crippen LogP contribution in [0.25, 0.3) is 0 Å². The third-order valence-corrected chi connectivity index (χ3v) is 2.17. The van der Waals surface area contributed by atoms with Crippen LogP contribution in [-0.4, -0.2) is 23.5 Å². The highest BCUT2D eigenvalue weighted by Crippen LogP contribution is 2.25. The number of benzene rings is 1. The molecule has 0 radical (unpaired) electrons. The Labute approximate surface area is 108 Å². The van der Waals surface area contributed by atoms with Crippen molar-refractivity contribution in [3.05, 3.63) is 29.8 Å². The molecule has 2 N–H and O–H groups in total. The normalized spacial score (nSPS) is 13.4. The summed E-state index contributed by atoms with van der Waals surface area (Å²) in [6.45, 7) is 3.48. The van der Waals surface area contributed by atoms with Crippen molar-refractivity contribution >= 4 is 5.97 Å². The molecule has 1 rings (SSSR count). The Morgan fingerprint density at radius 1 is 1.37 bits per heavy atom. The van der Waals surface area contributed by atoms with Gasteiger partial charge in [0.15, 0.2) is 0 Å². The first kappa shape index (κ1) is 15.3. The van der Waals surface area contributed by atoms with E-state index in [1.54, 1.807) is 13.8 Å². The summed E-state index contributed by atoms with van der Waals surface area (Å²) in [5.74, 6) is -1.61. The molecule has 19 heavy (non-hydrogen) atoms. The van der Waals surface area contributed by atoms with Crippen LogP contribution < -0.4 is 10.1 Å². The van der Waals surface area contributed by atoms with Crippen LogP contribution >= 0.6 is 0 Å². The summed E-state index contributed by atoms with van der Waals surface area (Å²) in [4.78, 5) is 11.1. The number of aliphatic carboxylic acids is 1. The van der Waals surface area contributed by atoms with Gasteiger partial charge in [0.2, 0.25) is 0 Å². The van der Waals surface area contributed by atoms with E-state index >= 15 is 0 Å². The predicted octanol–water partition coefficient (Wildman–Crippen LogP) is 2.71. The molecule has 0 spiro atoms. The number of hydrogen-bond acceptors (Lipinski definition) is 3. The highest BCUT2D eigenvalue weighted by molar-refractivity contribution is 5.75. The van der Waals surface area contributed by atoms with E-state index in [2.05, 4.69) is 10.1 Å². The minimum Gasteiger partial charge on any atom is -0.480 e. The van der Waals surface area contributed by atoms with Crippen LogP contribution in [0.5, 0.6) is 5.75 Å². The Kier molecular flexibility index (Phi) is 4.77. The largest absolute Gasteiger partial charge is 0.573 e. The number of rotatable bonds is 5. The van der Waals surface area contributed by atoms with Gasteiger partial charge in [-0.25, -0.2) is 0 Å². The molecule has 1 aromatic rings. The third kappa shape index (κ3) is 5.17.